The molecule has 1 fully saturated rings. The third kappa shape index (κ3) is 7.25. The smallest absolute Gasteiger partial charge is 0.437 e. The summed E-state index contributed by atoms with van der Waals surface area (Å²) < 4.78 is 53.3. The normalized spacial score (nSPS) is 18.5. The summed E-state index contributed by atoms with van der Waals surface area (Å²) in [6, 6.07) is 6.09. The topological polar surface area (TPSA) is 144 Å². The summed E-state index contributed by atoms with van der Waals surface area (Å²) >= 11 is 0. The van der Waals surface area contributed by atoms with Gasteiger partial charge in [-0.1, -0.05) is 25.0 Å². The largest absolute Gasteiger partial charge is 0.444 e. The minimum absolute atomic E-state index is 0.0322. The highest BCUT2D eigenvalue weighted by atomic mass is 19.4. The van der Waals surface area contributed by atoms with Crippen LogP contribution < -0.4 is 16.0 Å². The number of anilines is 1. The van der Waals surface area contributed by atoms with Gasteiger partial charge >= 0.3 is 12.3 Å². The maximum absolute atomic E-state index is 13.8. The standard InChI is InChI=1S/C29H31F3N6O5/c1-27(2,3)43-26(41)36-28(12-17-4-5-17)13-19(10-11-33-28)25-35-22(16-42-25)24(40)34-21-14-38(37-23(21)29(30,31)32)20-8-6-18(15-39)7-9-20/h6-11,13-14,16-17,33,39H,4-5,12,15H2,1-3H3,(H,34,40)(H,36,41). The number of aromatic nitrogens is 3. The molecule has 2 amide bonds. The Hall–Kier alpha value is -4.59. The Morgan fingerprint density at radius 1 is 1.21 bits per heavy atom. The molecule has 0 bridgehead atoms. The second-order valence-corrected chi connectivity index (χ2v) is 11.5. The number of oxazole rings is 1. The Labute approximate surface area is 244 Å². The molecular formula is C29H31F3N6O5. The van der Waals surface area contributed by atoms with E-state index >= 15 is 0 Å². The Bertz CT molecular complexity index is 1560. The number of ether oxygens (including phenoxy) is 1. The lowest BCUT2D eigenvalue weighted by Gasteiger charge is -2.35. The quantitative estimate of drug-likeness (QED) is 0.278. The molecule has 0 saturated heterocycles. The van der Waals surface area contributed by atoms with Gasteiger partial charge in [-0.2, -0.15) is 18.3 Å². The molecule has 4 N–H and O–H groups in total. The third-order valence-corrected chi connectivity index (χ3v) is 6.64. The zero-order valence-electron chi connectivity index (χ0n) is 23.7. The van der Waals surface area contributed by atoms with Crippen molar-refractivity contribution in [2.75, 3.05) is 5.32 Å². The first-order chi connectivity index (χ1) is 20.2. The Balaban J connectivity index is 1.37. The summed E-state index contributed by atoms with van der Waals surface area (Å²) in [5.74, 6) is -0.524. The zero-order chi connectivity index (χ0) is 31.0. The van der Waals surface area contributed by atoms with E-state index in [0.29, 0.717) is 29.2 Å². The van der Waals surface area contributed by atoms with E-state index in [2.05, 4.69) is 26.0 Å². The molecule has 1 saturated carbocycles. The van der Waals surface area contributed by atoms with Gasteiger partial charge in [-0.3, -0.25) is 10.1 Å². The summed E-state index contributed by atoms with van der Waals surface area (Å²) in [6.07, 6.45) is 4.19. The number of benzene rings is 1. The molecule has 1 aromatic carbocycles. The second kappa shape index (κ2) is 11.2. The molecular weight excluding hydrogens is 569 g/mol. The highest BCUT2D eigenvalue weighted by Gasteiger charge is 2.40. The van der Waals surface area contributed by atoms with Crippen molar-refractivity contribution in [1.29, 1.82) is 0 Å². The van der Waals surface area contributed by atoms with Gasteiger partial charge in [0, 0.05) is 5.57 Å². The van der Waals surface area contributed by atoms with Gasteiger partial charge in [0.2, 0.25) is 5.89 Å². The maximum atomic E-state index is 13.8. The van der Waals surface area contributed by atoms with Gasteiger partial charge in [0.05, 0.1) is 24.2 Å². The molecule has 43 heavy (non-hydrogen) atoms. The van der Waals surface area contributed by atoms with Gasteiger partial charge in [-0.15, -0.1) is 0 Å². The fourth-order valence-corrected chi connectivity index (χ4v) is 4.53. The summed E-state index contributed by atoms with van der Waals surface area (Å²) in [6.45, 7) is 5.05. The molecule has 3 aromatic rings. The van der Waals surface area contributed by atoms with Crippen LogP contribution in [0.1, 0.15) is 67.7 Å². The van der Waals surface area contributed by atoms with Crippen LogP contribution >= 0.6 is 0 Å². The van der Waals surface area contributed by atoms with Gasteiger partial charge in [-0.25, -0.2) is 14.5 Å². The van der Waals surface area contributed by atoms with Crippen molar-refractivity contribution in [3.05, 3.63) is 77.9 Å². The first-order valence-corrected chi connectivity index (χ1v) is 13.6. The molecule has 0 radical (unpaired) electrons. The van der Waals surface area contributed by atoms with E-state index in [9.17, 15) is 27.9 Å². The molecule has 2 aromatic heterocycles. The van der Waals surface area contributed by atoms with E-state index in [1.807, 2.05) is 0 Å². The van der Waals surface area contributed by atoms with E-state index < -0.39 is 40.8 Å². The van der Waals surface area contributed by atoms with Crippen LogP contribution in [0.25, 0.3) is 11.3 Å². The van der Waals surface area contributed by atoms with Gasteiger partial charge < -0.3 is 24.9 Å². The average Bonchev–Trinajstić information content (AvgIpc) is 3.40. The Morgan fingerprint density at radius 3 is 2.56 bits per heavy atom. The highest BCUT2D eigenvalue weighted by molar-refractivity contribution is 6.03. The summed E-state index contributed by atoms with van der Waals surface area (Å²) in [5, 5.41) is 21.1. The van der Waals surface area contributed by atoms with E-state index in [-0.39, 0.29) is 18.2 Å². The molecule has 14 heteroatoms. The SMILES string of the molecule is CC(C)(C)OC(=O)NC1(CC2CC2)C=C(c2nc(C(=O)Nc3cn(-c4ccc(CO)cc4)nc3C(F)(F)F)co2)C=CN1. The molecule has 2 aliphatic rings. The van der Waals surface area contributed by atoms with Gasteiger partial charge in [0.25, 0.3) is 5.91 Å². The number of carbonyl (C=O) groups is 2. The van der Waals surface area contributed by atoms with Crippen LogP contribution in [0.4, 0.5) is 23.7 Å². The lowest BCUT2D eigenvalue weighted by Crippen LogP contribution is -2.57. The molecule has 0 spiro atoms. The molecule has 3 heterocycles. The predicted molar refractivity (Wildman–Crippen MR) is 149 cm³/mol. The molecule has 228 valence electrons. The fourth-order valence-electron chi connectivity index (χ4n) is 4.53. The van der Waals surface area contributed by atoms with Crippen LogP contribution in [0, 0.1) is 5.92 Å². The van der Waals surface area contributed by atoms with Crippen molar-refractivity contribution in [2.24, 2.45) is 5.92 Å². The highest BCUT2D eigenvalue weighted by Crippen LogP contribution is 2.39. The number of alkyl halides is 3. The number of halogens is 3. The van der Waals surface area contributed by atoms with Gasteiger partial charge in [0.1, 0.15) is 17.5 Å². The molecule has 1 aliphatic heterocycles. The zero-order valence-corrected chi connectivity index (χ0v) is 23.7. The van der Waals surface area contributed by atoms with Crippen LogP contribution in [-0.2, 0) is 17.5 Å². The third-order valence-electron chi connectivity index (χ3n) is 6.64. The minimum atomic E-state index is -4.86. The summed E-state index contributed by atoms with van der Waals surface area (Å²) in [7, 11) is 0. The van der Waals surface area contributed by atoms with Crippen molar-refractivity contribution < 1.29 is 37.0 Å². The lowest BCUT2D eigenvalue weighted by molar-refractivity contribution is -0.140. The first-order valence-electron chi connectivity index (χ1n) is 13.6. The van der Waals surface area contributed by atoms with E-state index in [1.165, 1.54) is 12.1 Å². The molecule has 1 unspecified atom stereocenters. The number of aliphatic hydroxyl groups excluding tert-OH is 1. The van der Waals surface area contributed by atoms with E-state index in [4.69, 9.17) is 9.15 Å². The summed E-state index contributed by atoms with van der Waals surface area (Å²) in [5.41, 5.74) is -2.51. The predicted octanol–water partition coefficient (Wildman–Crippen LogP) is 5.15. The number of carbonyl (C=O) groups excluding carboxylic acids is 2. The number of amides is 2. The van der Waals surface area contributed by atoms with Crippen LogP contribution in [0.15, 0.2) is 59.5 Å². The monoisotopic (exact) mass is 600 g/mol. The number of nitrogens with zero attached hydrogens (tertiary/aromatic N) is 3. The lowest BCUT2D eigenvalue weighted by atomic mass is 9.96. The number of aliphatic hydroxyl groups is 1. The molecule has 1 aliphatic carbocycles. The van der Waals surface area contributed by atoms with Gasteiger partial charge in [0.15, 0.2) is 11.4 Å². The molecule has 1 atom stereocenters. The van der Waals surface area contributed by atoms with E-state index in [0.717, 1.165) is 30.0 Å². The number of rotatable bonds is 8. The number of hydrogen-bond acceptors (Lipinski definition) is 8. The summed E-state index contributed by atoms with van der Waals surface area (Å²) in [4.78, 5) is 29.8. The number of alkyl carbamates (subject to hydrolysis) is 1. The van der Waals surface area contributed by atoms with E-state index in [1.54, 1.807) is 51.3 Å². The van der Waals surface area contributed by atoms with Crippen molar-refractivity contribution in [3.8, 4) is 5.69 Å². The fraction of sp³-hybridized carbons (Fsp3) is 0.379. The van der Waals surface area contributed by atoms with Crippen molar-refractivity contribution in [3.63, 3.8) is 0 Å². The Kier molecular flexibility index (Phi) is 7.82. The number of allylic oxidation sites excluding steroid dienone is 2. The first kappa shape index (κ1) is 29.9. The molecule has 5 rings (SSSR count). The number of nitrogens with one attached hydrogen (secondary N) is 3. The van der Waals surface area contributed by atoms with Gasteiger partial charge in [-0.05, 0) is 69.2 Å². The van der Waals surface area contributed by atoms with Crippen molar-refractivity contribution in [1.82, 2.24) is 25.4 Å². The maximum Gasteiger partial charge on any atom is 0.437 e. The minimum Gasteiger partial charge on any atom is -0.444 e. The molecule has 11 nitrogen and oxygen atoms in total. The van der Waals surface area contributed by atoms with Crippen LogP contribution in [0.5, 0.6) is 0 Å². The average molecular weight is 601 g/mol. The van der Waals surface area contributed by atoms with Crippen LogP contribution in [-0.4, -0.2) is 43.1 Å². The number of hydrogen-bond donors (Lipinski definition) is 4. The second-order valence-electron chi connectivity index (χ2n) is 11.5. The Morgan fingerprint density at radius 2 is 1.93 bits per heavy atom. The van der Waals surface area contributed by atoms with Crippen molar-refractivity contribution in [2.45, 2.75) is 64.1 Å². The van der Waals surface area contributed by atoms with Crippen molar-refractivity contribution >= 4 is 23.3 Å². The van der Waals surface area contributed by atoms with Crippen LogP contribution in [0.2, 0.25) is 0 Å². The number of dihydropyridines is 1. The van der Waals surface area contributed by atoms with Crippen LogP contribution in [0.3, 0.4) is 0 Å².